The van der Waals surface area contributed by atoms with Crippen LogP contribution < -0.4 is 0 Å². The first-order valence-electron chi connectivity index (χ1n) is 9.04. The van der Waals surface area contributed by atoms with Crippen LogP contribution in [-0.2, 0) is 22.3 Å². The van der Waals surface area contributed by atoms with Gasteiger partial charge >= 0.3 is 0 Å². The number of hydrogen-bond donors (Lipinski definition) is 3. The topological polar surface area (TPSA) is 113 Å². The molecule has 7 nitrogen and oxygen atoms in total. The van der Waals surface area contributed by atoms with Gasteiger partial charge in [-0.1, -0.05) is 0 Å². The molecule has 0 saturated carbocycles. The number of aliphatic hydroxyl groups is 1. The number of ketones is 2. The molecule has 3 N–H and O–H groups in total. The maximum atomic E-state index is 12.9. The lowest BCUT2D eigenvalue weighted by molar-refractivity contribution is -0.262. The van der Waals surface area contributed by atoms with Crippen LogP contribution in [0.2, 0.25) is 0 Å². The number of carbonyl (C=O) groups is 2. The van der Waals surface area contributed by atoms with Crippen molar-refractivity contribution in [3.8, 4) is 11.5 Å². The van der Waals surface area contributed by atoms with Crippen LogP contribution in [0, 0.1) is 0 Å². The minimum absolute atomic E-state index is 0.0652. The second-order valence-electron chi connectivity index (χ2n) is 7.58. The number of ether oxygens (including phenoxy) is 2. The Labute approximate surface area is 164 Å². The third-order valence-corrected chi connectivity index (χ3v) is 7.08. The quantitative estimate of drug-likeness (QED) is 0.533. The fourth-order valence-electron chi connectivity index (χ4n) is 4.52. The molecule has 1 unspecified atom stereocenters. The second-order valence-corrected chi connectivity index (χ2v) is 8.49. The van der Waals surface area contributed by atoms with Gasteiger partial charge in [0.25, 0.3) is 0 Å². The molecule has 0 radical (unpaired) electrons. The van der Waals surface area contributed by atoms with Gasteiger partial charge in [0.15, 0.2) is 11.6 Å². The van der Waals surface area contributed by atoms with E-state index in [0.29, 0.717) is 18.8 Å². The lowest BCUT2D eigenvalue weighted by Gasteiger charge is -2.44. The molecule has 1 fully saturated rings. The van der Waals surface area contributed by atoms with E-state index in [1.165, 1.54) is 0 Å². The minimum atomic E-state index is -1.44. The molecule has 2 heterocycles. The first kappa shape index (κ1) is 17.8. The average molecular weight is 402 g/mol. The van der Waals surface area contributed by atoms with Gasteiger partial charge in [-0.2, -0.15) is 0 Å². The summed E-state index contributed by atoms with van der Waals surface area (Å²) < 4.78 is 11.2. The van der Waals surface area contributed by atoms with Crippen LogP contribution in [0.1, 0.15) is 55.6 Å². The van der Waals surface area contributed by atoms with Crippen LogP contribution in [0.3, 0.4) is 0 Å². The molecule has 1 aromatic heterocycles. The molecule has 1 aliphatic heterocycles. The van der Waals surface area contributed by atoms with Crippen molar-refractivity contribution >= 4 is 22.9 Å². The van der Waals surface area contributed by atoms with Gasteiger partial charge in [-0.05, 0) is 31.2 Å². The molecule has 1 aromatic carbocycles. The number of phenolic OH excluding ortho intramolecular Hbond substituents is 2. The third kappa shape index (κ3) is 2.08. The Morgan fingerprint density at radius 3 is 2.39 bits per heavy atom. The van der Waals surface area contributed by atoms with E-state index < -0.39 is 23.0 Å². The monoisotopic (exact) mass is 402 g/mol. The van der Waals surface area contributed by atoms with Crippen LogP contribution in [-0.4, -0.2) is 51.5 Å². The van der Waals surface area contributed by atoms with Crippen molar-refractivity contribution in [3.05, 3.63) is 44.1 Å². The summed E-state index contributed by atoms with van der Waals surface area (Å²) in [7, 11) is 0. The molecule has 1 atom stereocenters. The smallest absolute Gasteiger partial charge is 0.208 e. The van der Waals surface area contributed by atoms with Crippen molar-refractivity contribution in [2.24, 2.45) is 0 Å². The Bertz CT molecular complexity index is 1050. The Morgan fingerprint density at radius 2 is 1.68 bits per heavy atom. The van der Waals surface area contributed by atoms with E-state index in [-0.39, 0.29) is 57.9 Å². The number of phenols is 2. The second kappa shape index (κ2) is 5.64. The van der Waals surface area contributed by atoms with Gasteiger partial charge in [0, 0.05) is 23.1 Å². The highest BCUT2D eigenvalue weighted by Crippen LogP contribution is 2.50. The molecular weight excluding hydrogens is 384 g/mol. The fraction of sp³-hybridized carbons (Fsp3) is 0.400. The fourth-order valence-corrected chi connectivity index (χ4v) is 5.36. The largest absolute Gasteiger partial charge is 0.507 e. The van der Waals surface area contributed by atoms with Crippen molar-refractivity contribution < 1.29 is 34.4 Å². The highest BCUT2D eigenvalue weighted by molar-refractivity contribution is 7.12. The van der Waals surface area contributed by atoms with Gasteiger partial charge < -0.3 is 24.8 Å². The lowest BCUT2D eigenvalue weighted by Crippen LogP contribution is -2.56. The van der Waals surface area contributed by atoms with E-state index in [4.69, 9.17) is 9.47 Å². The summed E-state index contributed by atoms with van der Waals surface area (Å²) >= 11 is 1.12. The maximum Gasteiger partial charge on any atom is 0.208 e. The van der Waals surface area contributed by atoms with E-state index >= 15 is 0 Å². The van der Waals surface area contributed by atoms with E-state index in [0.717, 1.165) is 11.3 Å². The maximum absolute atomic E-state index is 12.9. The van der Waals surface area contributed by atoms with Crippen LogP contribution >= 0.6 is 11.3 Å². The number of benzene rings is 1. The number of rotatable bonds is 1. The SMILES string of the molecule is CC1(C2(O)CCc3c(O)c4c(c(O)c3C2)C(=O)c2sccc2C4=O)OCCO1. The van der Waals surface area contributed by atoms with E-state index in [2.05, 4.69) is 0 Å². The zero-order valence-electron chi connectivity index (χ0n) is 15.1. The summed E-state index contributed by atoms with van der Waals surface area (Å²) in [5, 5.41) is 34.7. The molecule has 8 heteroatoms. The molecule has 1 saturated heterocycles. The highest BCUT2D eigenvalue weighted by Gasteiger charge is 2.54. The predicted octanol–water partition coefficient (Wildman–Crippen LogP) is 1.92. The van der Waals surface area contributed by atoms with E-state index in [1.807, 2.05) is 0 Å². The van der Waals surface area contributed by atoms with Crippen LogP contribution in [0.5, 0.6) is 11.5 Å². The summed E-state index contributed by atoms with van der Waals surface area (Å²) in [5.74, 6) is -2.87. The van der Waals surface area contributed by atoms with Crippen molar-refractivity contribution in [1.29, 1.82) is 0 Å². The van der Waals surface area contributed by atoms with Gasteiger partial charge in [-0.25, -0.2) is 0 Å². The Balaban J connectivity index is 1.69. The summed E-state index contributed by atoms with van der Waals surface area (Å²) in [6.07, 6.45) is 0.358. The highest BCUT2D eigenvalue weighted by atomic mass is 32.1. The van der Waals surface area contributed by atoms with Crippen molar-refractivity contribution in [2.45, 2.75) is 37.6 Å². The predicted molar refractivity (Wildman–Crippen MR) is 98.2 cm³/mol. The van der Waals surface area contributed by atoms with Gasteiger partial charge in [0.1, 0.15) is 17.1 Å². The standard InChI is InChI=1S/C20H18O7S/c1-19(26-5-6-27-19)20(25)4-2-9-11(8-20)16(23)13-12(14(9)21)15(22)10-3-7-28-18(10)17(13)24/h3,7,21,23,25H,2,4-6,8H2,1H3. The molecule has 5 rings (SSSR count). The molecule has 146 valence electrons. The average Bonchev–Trinajstić information content (AvgIpc) is 3.33. The number of hydrogen-bond acceptors (Lipinski definition) is 8. The first-order valence-corrected chi connectivity index (χ1v) is 9.92. The zero-order valence-corrected chi connectivity index (χ0v) is 15.9. The number of aromatic hydroxyl groups is 2. The number of fused-ring (bicyclic) bond motifs is 3. The van der Waals surface area contributed by atoms with Gasteiger partial charge in [-0.15, -0.1) is 11.3 Å². The number of carbonyl (C=O) groups excluding carboxylic acids is 2. The molecular formula is C20H18O7S. The minimum Gasteiger partial charge on any atom is -0.507 e. The van der Waals surface area contributed by atoms with Gasteiger partial charge in [0.05, 0.1) is 29.2 Å². The Morgan fingerprint density at radius 1 is 1.04 bits per heavy atom. The van der Waals surface area contributed by atoms with Crippen molar-refractivity contribution in [3.63, 3.8) is 0 Å². The van der Waals surface area contributed by atoms with E-state index in [9.17, 15) is 24.9 Å². The molecule has 3 aliphatic rings. The number of thiophene rings is 1. The third-order valence-electron chi connectivity index (χ3n) is 6.17. The van der Waals surface area contributed by atoms with Gasteiger partial charge in [0.2, 0.25) is 5.78 Å². The zero-order chi connectivity index (χ0) is 19.8. The van der Waals surface area contributed by atoms with E-state index in [1.54, 1.807) is 18.4 Å². The molecule has 2 aromatic rings. The molecule has 28 heavy (non-hydrogen) atoms. The molecule has 0 bridgehead atoms. The van der Waals surface area contributed by atoms with Crippen molar-refractivity contribution in [1.82, 2.24) is 0 Å². The summed E-state index contributed by atoms with van der Waals surface area (Å²) in [4.78, 5) is 26.0. The Hall–Kier alpha value is -2.26. The van der Waals surface area contributed by atoms with Crippen LogP contribution in [0.15, 0.2) is 11.4 Å². The van der Waals surface area contributed by atoms with Crippen LogP contribution in [0.25, 0.3) is 0 Å². The van der Waals surface area contributed by atoms with Crippen molar-refractivity contribution in [2.75, 3.05) is 13.2 Å². The van der Waals surface area contributed by atoms with Crippen LogP contribution in [0.4, 0.5) is 0 Å². The molecule has 0 amide bonds. The normalized spacial score (nSPS) is 25.4. The lowest BCUT2D eigenvalue weighted by atomic mass is 9.72. The molecule has 2 aliphatic carbocycles. The Kier molecular flexibility index (Phi) is 3.59. The van der Waals surface area contributed by atoms with Gasteiger partial charge in [-0.3, -0.25) is 9.59 Å². The summed E-state index contributed by atoms with van der Waals surface area (Å²) in [6, 6.07) is 1.55. The summed E-state index contributed by atoms with van der Waals surface area (Å²) in [6.45, 7) is 2.34. The molecule has 0 spiro atoms. The first-order chi connectivity index (χ1) is 13.3. The summed E-state index contributed by atoms with van der Waals surface area (Å²) in [5.41, 5.74) is -0.917.